The largest absolute Gasteiger partial charge is 0.364 e. The second-order valence-electron chi connectivity index (χ2n) is 8.37. The van der Waals surface area contributed by atoms with Gasteiger partial charge in [-0.3, -0.25) is 24.0 Å². The molecule has 0 radical (unpaired) electrons. The minimum absolute atomic E-state index is 0.0145. The fraction of sp³-hybridized carbons (Fsp3) is 0.318. The third-order valence-corrected chi connectivity index (χ3v) is 6.43. The minimum atomic E-state index is -0.885. The molecule has 1 saturated heterocycles. The average Bonchev–Trinajstić information content (AvgIpc) is 3.29. The van der Waals surface area contributed by atoms with Crippen LogP contribution in [-0.4, -0.2) is 54.6 Å². The Balaban J connectivity index is 1.35. The molecular formula is C22H20ClFN6O3. The molecule has 2 aromatic heterocycles. The number of halogens is 2. The van der Waals surface area contributed by atoms with Gasteiger partial charge in [0.2, 0.25) is 5.91 Å². The lowest BCUT2D eigenvalue weighted by Gasteiger charge is -2.28. The van der Waals surface area contributed by atoms with Gasteiger partial charge < -0.3 is 10.6 Å². The highest BCUT2D eigenvalue weighted by Gasteiger charge is 2.56. The first kappa shape index (κ1) is 21.3. The molecule has 2 N–H and O–H groups in total. The van der Waals surface area contributed by atoms with Crippen LogP contribution in [0.15, 0.2) is 42.7 Å². The molecular weight excluding hydrogens is 451 g/mol. The number of amides is 3. The lowest BCUT2D eigenvalue weighted by atomic mass is 10.1. The Hall–Kier alpha value is -3.53. The molecule has 11 heteroatoms. The van der Waals surface area contributed by atoms with E-state index in [4.69, 9.17) is 17.3 Å². The van der Waals surface area contributed by atoms with Crippen molar-refractivity contribution < 1.29 is 18.9 Å². The molecule has 1 aliphatic heterocycles. The number of nitrogens with zero attached hydrogens (tertiary/aromatic N) is 5. The van der Waals surface area contributed by atoms with Crippen molar-refractivity contribution in [3.05, 3.63) is 59.0 Å². The topological polar surface area (TPSA) is 114 Å². The number of carbonyl (C=O) groups excluding carboxylic acids is 3. The lowest BCUT2D eigenvalue weighted by Crippen LogP contribution is -2.48. The van der Waals surface area contributed by atoms with Crippen LogP contribution in [0.2, 0.25) is 5.02 Å². The molecule has 3 atom stereocenters. The maximum Gasteiger partial charge on any atom is 0.273 e. The molecule has 0 unspecified atom stereocenters. The van der Waals surface area contributed by atoms with E-state index in [1.165, 1.54) is 22.0 Å². The number of fused-ring (bicyclic) bond motifs is 2. The number of benzene rings is 1. The molecule has 1 aromatic carbocycles. The highest BCUT2D eigenvalue weighted by molar-refractivity contribution is 6.30. The number of hydrogen-bond donors (Lipinski definition) is 1. The predicted octanol–water partition coefficient (Wildman–Crippen LogP) is 2.09. The van der Waals surface area contributed by atoms with Crippen molar-refractivity contribution in [3.8, 4) is 0 Å². The predicted molar refractivity (Wildman–Crippen MR) is 116 cm³/mol. The van der Waals surface area contributed by atoms with Crippen LogP contribution in [-0.2, 0) is 22.7 Å². The van der Waals surface area contributed by atoms with Crippen molar-refractivity contribution in [3.63, 3.8) is 0 Å². The summed E-state index contributed by atoms with van der Waals surface area (Å²) < 4.78 is 16.2. The molecule has 3 aromatic rings. The number of hydrogen-bond acceptors (Lipinski definition) is 5. The van der Waals surface area contributed by atoms with Gasteiger partial charge in [0.05, 0.1) is 17.4 Å². The zero-order valence-electron chi connectivity index (χ0n) is 17.4. The molecule has 1 aliphatic carbocycles. The van der Waals surface area contributed by atoms with Crippen LogP contribution in [0.3, 0.4) is 0 Å². The molecule has 3 amide bonds. The zero-order chi connectivity index (χ0) is 23.3. The number of pyridine rings is 1. The summed E-state index contributed by atoms with van der Waals surface area (Å²) in [6.07, 6.45) is 4.18. The van der Waals surface area contributed by atoms with Gasteiger partial charge in [0.15, 0.2) is 5.69 Å². The van der Waals surface area contributed by atoms with Crippen molar-refractivity contribution in [2.75, 3.05) is 0 Å². The van der Waals surface area contributed by atoms with Gasteiger partial charge in [0.25, 0.3) is 11.8 Å². The molecule has 170 valence electrons. The van der Waals surface area contributed by atoms with Crippen LogP contribution < -0.4 is 5.73 Å². The van der Waals surface area contributed by atoms with Crippen molar-refractivity contribution >= 4 is 40.2 Å². The molecule has 33 heavy (non-hydrogen) atoms. The summed E-state index contributed by atoms with van der Waals surface area (Å²) >= 11 is 5.94. The third kappa shape index (κ3) is 3.91. The van der Waals surface area contributed by atoms with E-state index >= 15 is 0 Å². The number of rotatable bonds is 6. The van der Waals surface area contributed by atoms with E-state index in [2.05, 4.69) is 10.1 Å². The van der Waals surface area contributed by atoms with Crippen LogP contribution in [0.4, 0.5) is 4.48 Å². The Labute approximate surface area is 192 Å². The molecule has 3 heterocycles. The van der Waals surface area contributed by atoms with E-state index in [-0.39, 0.29) is 41.8 Å². The smallest absolute Gasteiger partial charge is 0.273 e. The van der Waals surface area contributed by atoms with Crippen LogP contribution in [0, 0.1) is 5.92 Å². The van der Waals surface area contributed by atoms with Gasteiger partial charge in [-0.25, -0.2) is 0 Å². The van der Waals surface area contributed by atoms with Gasteiger partial charge in [-0.1, -0.05) is 28.2 Å². The minimum Gasteiger partial charge on any atom is -0.364 e. The van der Waals surface area contributed by atoms with Gasteiger partial charge in [0.1, 0.15) is 12.6 Å². The summed E-state index contributed by atoms with van der Waals surface area (Å²) in [5.41, 5.74) is 6.49. The number of primary amides is 1. The molecule has 2 fully saturated rings. The summed E-state index contributed by atoms with van der Waals surface area (Å²) in [6, 6.07) is 7.26. The van der Waals surface area contributed by atoms with Crippen LogP contribution in [0.5, 0.6) is 0 Å². The molecule has 2 aliphatic rings. The Morgan fingerprint density at radius 1 is 1.24 bits per heavy atom. The van der Waals surface area contributed by atoms with E-state index in [1.807, 2.05) is 0 Å². The third-order valence-electron chi connectivity index (χ3n) is 6.20. The van der Waals surface area contributed by atoms with Gasteiger partial charge in [-0.15, -0.1) is 0 Å². The fourth-order valence-electron chi connectivity index (χ4n) is 4.61. The van der Waals surface area contributed by atoms with Gasteiger partial charge >= 0.3 is 0 Å². The van der Waals surface area contributed by atoms with Crippen molar-refractivity contribution in [2.45, 2.75) is 38.0 Å². The molecule has 0 bridgehead atoms. The maximum atomic E-state index is 14.8. The van der Waals surface area contributed by atoms with Gasteiger partial charge in [-0.2, -0.15) is 10.2 Å². The van der Waals surface area contributed by atoms with Crippen molar-refractivity contribution in [1.82, 2.24) is 24.8 Å². The Kier molecular flexibility index (Phi) is 5.24. The SMILES string of the molecule is NC(=O)c1nn(CC(=O)N2[C@@H]3C[C@@H]3C[C@H]2C(=O)N(F)Cc2cccc(Cl)c2)c2ccncc12. The van der Waals surface area contributed by atoms with Gasteiger partial charge in [-0.05, 0) is 42.5 Å². The summed E-state index contributed by atoms with van der Waals surface area (Å²) in [5.74, 6) is -1.68. The highest BCUT2D eigenvalue weighted by Crippen LogP contribution is 2.48. The molecule has 9 nitrogen and oxygen atoms in total. The monoisotopic (exact) mass is 470 g/mol. The Morgan fingerprint density at radius 3 is 2.82 bits per heavy atom. The molecule has 5 rings (SSSR count). The first-order valence-electron chi connectivity index (χ1n) is 10.5. The lowest BCUT2D eigenvalue weighted by molar-refractivity contribution is -0.157. The second kappa shape index (κ2) is 8.11. The standard InChI is InChI=1S/C22H20ClFN6O3/c23-14-3-1-2-12(6-14)10-28(24)22(33)18-8-13-7-17(13)30(18)19(31)11-29-16-4-5-26-9-15(16)20(27-29)21(25)32/h1-6,9,13,17-18H,7-8,10-11H2,(H2,25,32)/t13-,17-,18+/m1/s1. The summed E-state index contributed by atoms with van der Waals surface area (Å²) in [7, 11) is 0. The van der Waals surface area contributed by atoms with E-state index < -0.39 is 17.9 Å². The number of carbonyl (C=O) groups is 3. The van der Waals surface area contributed by atoms with E-state index in [1.54, 1.807) is 30.3 Å². The maximum absolute atomic E-state index is 14.8. The Morgan fingerprint density at radius 2 is 2.06 bits per heavy atom. The summed E-state index contributed by atoms with van der Waals surface area (Å²) in [4.78, 5) is 43.3. The van der Waals surface area contributed by atoms with Crippen LogP contribution >= 0.6 is 11.6 Å². The summed E-state index contributed by atoms with van der Waals surface area (Å²) in [6.45, 7) is -0.465. The number of piperidine rings is 1. The van der Waals surface area contributed by atoms with Crippen LogP contribution in [0.1, 0.15) is 28.9 Å². The Bertz CT molecular complexity index is 1280. The first-order valence-corrected chi connectivity index (χ1v) is 10.8. The quantitative estimate of drug-likeness (QED) is 0.554. The number of nitrogens with two attached hydrogens (primary N) is 1. The van der Waals surface area contributed by atoms with Crippen molar-refractivity contribution in [1.29, 1.82) is 0 Å². The molecule has 0 spiro atoms. The normalized spacial score (nSPS) is 21.2. The number of aromatic nitrogens is 3. The average molecular weight is 471 g/mol. The highest BCUT2D eigenvalue weighted by atomic mass is 35.5. The fourth-order valence-corrected chi connectivity index (χ4v) is 4.82. The summed E-state index contributed by atoms with van der Waals surface area (Å²) in [5, 5.41) is 5.21. The van der Waals surface area contributed by atoms with Crippen LogP contribution in [0.25, 0.3) is 10.9 Å². The molecule has 1 saturated carbocycles. The van der Waals surface area contributed by atoms with E-state index in [0.29, 0.717) is 27.9 Å². The first-order chi connectivity index (χ1) is 15.8. The van der Waals surface area contributed by atoms with E-state index in [9.17, 15) is 18.9 Å². The number of likely N-dealkylation sites (tertiary alicyclic amines) is 1. The van der Waals surface area contributed by atoms with Crippen molar-refractivity contribution in [2.24, 2.45) is 11.7 Å². The van der Waals surface area contributed by atoms with Gasteiger partial charge in [0, 0.05) is 23.5 Å². The van der Waals surface area contributed by atoms with E-state index in [0.717, 1.165) is 6.42 Å². The second-order valence-corrected chi connectivity index (χ2v) is 8.80. The zero-order valence-corrected chi connectivity index (χ0v) is 18.2.